The second-order valence-corrected chi connectivity index (χ2v) is 8.21. The maximum absolute atomic E-state index is 10.8. The fraction of sp³-hybridized carbons (Fsp3) is 0.304. The van der Waals surface area contributed by atoms with E-state index >= 15 is 0 Å². The van der Waals surface area contributed by atoms with Crippen LogP contribution in [-0.2, 0) is 11.2 Å². The molecule has 0 radical (unpaired) electrons. The van der Waals surface area contributed by atoms with E-state index in [1.807, 2.05) is 37.3 Å². The van der Waals surface area contributed by atoms with E-state index in [2.05, 4.69) is 15.4 Å². The smallest absolute Gasteiger partial charge is 0.303 e. The van der Waals surface area contributed by atoms with E-state index in [4.69, 9.17) is 9.84 Å². The third-order valence-electron chi connectivity index (χ3n) is 5.28. The Morgan fingerprint density at radius 1 is 1.30 bits per heavy atom. The first-order chi connectivity index (χ1) is 14.5. The van der Waals surface area contributed by atoms with E-state index in [-0.39, 0.29) is 12.5 Å². The number of ether oxygens (including phenoxy) is 1. The number of hydrogen-bond acceptors (Lipinski definition) is 6. The molecule has 0 atom stereocenters. The van der Waals surface area contributed by atoms with Gasteiger partial charge in [0.15, 0.2) is 5.82 Å². The van der Waals surface area contributed by atoms with Crippen molar-refractivity contribution in [2.45, 2.75) is 45.1 Å². The highest BCUT2D eigenvalue weighted by molar-refractivity contribution is 7.09. The quantitative estimate of drug-likeness (QED) is 0.579. The molecule has 1 fully saturated rings. The van der Waals surface area contributed by atoms with Gasteiger partial charge in [0, 0.05) is 17.5 Å². The maximum Gasteiger partial charge on any atom is 0.303 e. The molecular formula is C23H21N3O3S. The predicted molar refractivity (Wildman–Crippen MR) is 114 cm³/mol. The fourth-order valence-corrected chi connectivity index (χ4v) is 4.03. The lowest BCUT2D eigenvalue weighted by Crippen LogP contribution is -2.24. The first-order valence-electron chi connectivity index (χ1n) is 9.90. The average molecular weight is 420 g/mol. The van der Waals surface area contributed by atoms with Gasteiger partial charge in [-0.1, -0.05) is 18.2 Å². The Bertz CT molecular complexity index is 1130. The molecule has 30 heavy (non-hydrogen) atoms. The molecule has 4 rings (SSSR count). The van der Waals surface area contributed by atoms with Gasteiger partial charge in [-0.25, -0.2) is 4.98 Å². The monoisotopic (exact) mass is 419 g/mol. The van der Waals surface area contributed by atoms with Crippen LogP contribution >= 0.6 is 11.5 Å². The Balaban J connectivity index is 1.55. The molecule has 3 aromatic rings. The molecule has 0 saturated heterocycles. The van der Waals surface area contributed by atoms with Crippen LogP contribution in [0.15, 0.2) is 36.4 Å². The lowest BCUT2D eigenvalue weighted by Gasteiger charge is -2.26. The lowest BCUT2D eigenvalue weighted by molar-refractivity contribution is -0.136. The molecule has 0 aliphatic heterocycles. The van der Waals surface area contributed by atoms with Gasteiger partial charge in [-0.2, -0.15) is 9.64 Å². The predicted octanol–water partition coefficient (Wildman–Crippen LogP) is 5.00. The SMILES string of the molecule is Cc1cc(CCC(=O)O)ccc1-c1nsc(-c2ccc(OC3CCC3)c(C#N)c2)n1. The molecule has 7 heteroatoms. The van der Waals surface area contributed by atoms with Crippen LogP contribution in [0.25, 0.3) is 22.0 Å². The van der Waals surface area contributed by atoms with Crippen molar-refractivity contribution in [2.24, 2.45) is 0 Å². The number of carboxylic acids is 1. The summed E-state index contributed by atoms with van der Waals surface area (Å²) in [5.41, 5.74) is 4.25. The molecule has 0 bridgehead atoms. The van der Waals surface area contributed by atoms with Gasteiger partial charge in [0.2, 0.25) is 0 Å². The number of aromatic nitrogens is 2. The Morgan fingerprint density at radius 3 is 2.80 bits per heavy atom. The molecule has 6 nitrogen and oxygen atoms in total. The average Bonchev–Trinajstić information content (AvgIpc) is 3.19. The molecule has 0 amide bonds. The zero-order chi connectivity index (χ0) is 21.1. The summed E-state index contributed by atoms with van der Waals surface area (Å²) < 4.78 is 10.4. The summed E-state index contributed by atoms with van der Waals surface area (Å²) in [5, 5.41) is 19.1. The van der Waals surface area contributed by atoms with E-state index in [9.17, 15) is 10.1 Å². The zero-order valence-corrected chi connectivity index (χ0v) is 17.4. The molecule has 1 heterocycles. The topological polar surface area (TPSA) is 96.1 Å². The minimum Gasteiger partial charge on any atom is -0.489 e. The van der Waals surface area contributed by atoms with E-state index in [0.717, 1.165) is 40.1 Å². The van der Waals surface area contributed by atoms with Gasteiger partial charge >= 0.3 is 5.97 Å². The molecule has 1 saturated carbocycles. The highest BCUT2D eigenvalue weighted by Crippen LogP contribution is 2.33. The Labute approximate surface area is 179 Å². The van der Waals surface area contributed by atoms with Gasteiger partial charge in [-0.15, -0.1) is 0 Å². The number of nitriles is 1. The van der Waals surface area contributed by atoms with Crippen molar-refractivity contribution in [2.75, 3.05) is 0 Å². The minimum absolute atomic E-state index is 0.111. The Hall–Kier alpha value is -3.24. The van der Waals surface area contributed by atoms with E-state index < -0.39 is 5.97 Å². The van der Waals surface area contributed by atoms with Crippen LogP contribution in [0.3, 0.4) is 0 Å². The third kappa shape index (κ3) is 4.34. The molecule has 1 aliphatic rings. The number of aliphatic carboxylic acids is 1. The zero-order valence-electron chi connectivity index (χ0n) is 16.6. The van der Waals surface area contributed by atoms with Crippen molar-refractivity contribution >= 4 is 17.5 Å². The van der Waals surface area contributed by atoms with E-state index in [1.54, 1.807) is 6.07 Å². The van der Waals surface area contributed by atoms with Crippen LogP contribution in [0.2, 0.25) is 0 Å². The standard InChI is InChI=1S/C23H21N3O3S/c1-14-11-15(6-10-21(27)28)5-8-19(14)22-25-23(30-26-22)16-7-9-20(17(12-16)13-24)29-18-3-2-4-18/h5,7-9,11-12,18H,2-4,6,10H2,1H3,(H,27,28). The normalized spacial score (nSPS) is 13.5. The van der Waals surface area contributed by atoms with Crippen LogP contribution in [0.5, 0.6) is 5.75 Å². The number of carbonyl (C=O) groups is 1. The van der Waals surface area contributed by atoms with Crippen molar-refractivity contribution in [1.29, 1.82) is 5.26 Å². The van der Waals surface area contributed by atoms with Crippen molar-refractivity contribution in [3.63, 3.8) is 0 Å². The van der Waals surface area contributed by atoms with Crippen LogP contribution in [-0.4, -0.2) is 26.5 Å². The minimum atomic E-state index is -0.802. The van der Waals surface area contributed by atoms with Crippen molar-refractivity contribution in [3.05, 3.63) is 53.1 Å². The van der Waals surface area contributed by atoms with Gasteiger partial charge < -0.3 is 9.84 Å². The summed E-state index contributed by atoms with van der Waals surface area (Å²) in [7, 11) is 0. The lowest BCUT2D eigenvalue weighted by atomic mass is 9.96. The second kappa shape index (κ2) is 8.64. The molecule has 2 aromatic carbocycles. The Kier molecular flexibility index (Phi) is 5.77. The second-order valence-electron chi connectivity index (χ2n) is 7.46. The third-order valence-corrected chi connectivity index (χ3v) is 6.04. The van der Waals surface area contributed by atoms with Crippen molar-refractivity contribution in [1.82, 2.24) is 9.36 Å². The molecule has 1 aliphatic carbocycles. The number of hydrogen-bond donors (Lipinski definition) is 1. The van der Waals surface area contributed by atoms with Crippen LogP contribution in [0.1, 0.15) is 42.4 Å². The highest BCUT2D eigenvalue weighted by atomic mass is 32.1. The van der Waals surface area contributed by atoms with E-state index in [0.29, 0.717) is 23.6 Å². The molecule has 0 spiro atoms. The molecular weight excluding hydrogens is 398 g/mol. The molecule has 0 unspecified atom stereocenters. The number of benzene rings is 2. The van der Waals surface area contributed by atoms with Gasteiger partial charge in [0.1, 0.15) is 16.8 Å². The number of nitrogens with zero attached hydrogens (tertiary/aromatic N) is 3. The number of aryl methyl sites for hydroxylation is 2. The molecule has 1 N–H and O–H groups in total. The summed E-state index contributed by atoms with van der Waals surface area (Å²) in [6, 6.07) is 13.6. The molecule has 152 valence electrons. The van der Waals surface area contributed by atoms with Crippen molar-refractivity contribution < 1.29 is 14.6 Å². The Morgan fingerprint density at radius 2 is 2.13 bits per heavy atom. The number of carboxylic acid groups (broad SMARTS) is 1. The van der Waals surface area contributed by atoms with Gasteiger partial charge in [0.05, 0.1) is 11.7 Å². The summed E-state index contributed by atoms with van der Waals surface area (Å²) in [5.74, 6) is 0.456. The van der Waals surface area contributed by atoms with Gasteiger partial charge in [0.25, 0.3) is 0 Å². The number of rotatable bonds is 7. The largest absolute Gasteiger partial charge is 0.489 e. The maximum atomic E-state index is 10.8. The summed E-state index contributed by atoms with van der Waals surface area (Å²) >= 11 is 1.29. The summed E-state index contributed by atoms with van der Waals surface area (Å²) in [6.07, 6.45) is 4.09. The first kappa shape index (κ1) is 20.0. The van der Waals surface area contributed by atoms with Gasteiger partial charge in [-0.05, 0) is 73.5 Å². The summed E-state index contributed by atoms with van der Waals surface area (Å²) in [6.45, 7) is 1.97. The van der Waals surface area contributed by atoms with Crippen LogP contribution in [0.4, 0.5) is 0 Å². The van der Waals surface area contributed by atoms with Gasteiger partial charge in [-0.3, -0.25) is 4.79 Å². The van der Waals surface area contributed by atoms with Crippen molar-refractivity contribution in [3.8, 4) is 33.8 Å². The highest BCUT2D eigenvalue weighted by Gasteiger charge is 2.21. The summed E-state index contributed by atoms with van der Waals surface area (Å²) in [4.78, 5) is 15.4. The van der Waals surface area contributed by atoms with Crippen LogP contribution in [0, 0.1) is 18.3 Å². The first-order valence-corrected chi connectivity index (χ1v) is 10.7. The van der Waals surface area contributed by atoms with Crippen LogP contribution < -0.4 is 4.74 Å². The fourth-order valence-electron chi connectivity index (χ4n) is 3.35. The van der Waals surface area contributed by atoms with E-state index in [1.165, 1.54) is 18.0 Å². The molecule has 1 aromatic heterocycles.